The monoisotopic (exact) mass is 508 g/mol. The van der Waals surface area contributed by atoms with E-state index in [1.54, 1.807) is 36.4 Å². The van der Waals surface area contributed by atoms with Crippen LogP contribution in [0.5, 0.6) is 11.5 Å². The minimum Gasteiger partial charge on any atom is -0.493 e. The van der Waals surface area contributed by atoms with Gasteiger partial charge in [0.2, 0.25) is 5.91 Å². The SMILES string of the molecule is COc1ccccc1OCCNC(=O)CN(c1ccc(Cl)cc1Cl)S(=O)(=O)c1ccccc1. The first-order valence-electron chi connectivity index (χ1n) is 9.88. The largest absolute Gasteiger partial charge is 0.493 e. The highest BCUT2D eigenvalue weighted by Crippen LogP contribution is 2.32. The Balaban J connectivity index is 1.73. The number of para-hydroxylation sites is 2. The second-order valence-electron chi connectivity index (χ2n) is 6.77. The fourth-order valence-electron chi connectivity index (χ4n) is 2.98. The molecule has 0 bridgehead atoms. The van der Waals surface area contributed by atoms with Gasteiger partial charge in [0.05, 0.1) is 29.3 Å². The van der Waals surface area contributed by atoms with E-state index in [9.17, 15) is 13.2 Å². The van der Waals surface area contributed by atoms with Crippen LogP contribution in [0.15, 0.2) is 77.7 Å². The number of hydrogen-bond acceptors (Lipinski definition) is 5. The number of methoxy groups -OCH3 is 1. The maximum absolute atomic E-state index is 13.3. The van der Waals surface area contributed by atoms with Crippen LogP contribution in [0.4, 0.5) is 5.69 Å². The van der Waals surface area contributed by atoms with Crippen molar-refractivity contribution in [3.8, 4) is 11.5 Å². The Morgan fingerprint density at radius 2 is 1.64 bits per heavy atom. The third-order valence-corrected chi connectivity index (χ3v) is 6.86. The highest BCUT2D eigenvalue weighted by molar-refractivity contribution is 7.92. The minimum atomic E-state index is -4.07. The summed E-state index contributed by atoms with van der Waals surface area (Å²) in [6.45, 7) is -0.156. The Morgan fingerprint density at radius 3 is 2.30 bits per heavy atom. The fraction of sp³-hybridized carbons (Fsp3) is 0.174. The molecule has 0 fully saturated rings. The zero-order chi connectivity index (χ0) is 23.8. The first-order valence-corrected chi connectivity index (χ1v) is 12.1. The maximum Gasteiger partial charge on any atom is 0.264 e. The topological polar surface area (TPSA) is 84.9 Å². The molecule has 10 heteroatoms. The van der Waals surface area contributed by atoms with E-state index in [0.717, 1.165) is 4.31 Å². The normalized spacial score (nSPS) is 11.0. The van der Waals surface area contributed by atoms with E-state index in [4.69, 9.17) is 32.7 Å². The van der Waals surface area contributed by atoms with Crippen LogP contribution in [0.3, 0.4) is 0 Å². The van der Waals surface area contributed by atoms with Crippen molar-refractivity contribution in [3.63, 3.8) is 0 Å². The number of benzene rings is 3. The van der Waals surface area contributed by atoms with Gasteiger partial charge in [-0.25, -0.2) is 8.42 Å². The molecular weight excluding hydrogens is 487 g/mol. The first kappa shape index (κ1) is 24.7. The molecule has 0 spiro atoms. The second-order valence-corrected chi connectivity index (χ2v) is 9.48. The van der Waals surface area contributed by atoms with Crippen LogP contribution in [0, 0.1) is 0 Å². The molecule has 0 aliphatic carbocycles. The summed E-state index contributed by atoms with van der Waals surface area (Å²) in [5, 5.41) is 3.12. The molecule has 0 saturated heterocycles. The number of anilines is 1. The Labute approximate surface area is 202 Å². The van der Waals surface area contributed by atoms with Crippen molar-refractivity contribution in [2.75, 3.05) is 31.1 Å². The molecule has 3 aromatic rings. The number of halogens is 2. The third kappa shape index (κ3) is 6.31. The molecule has 1 amide bonds. The summed E-state index contributed by atoms with van der Waals surface area (Å²) in [5.41, 5.74) is 0.144. The van der Waals surface area contributed by atoms with Gasteiger partial charge in [0.25, 0.3) is 10.0 Å². The van der Waals surface area contributed by atoms with Gasteiger partial charge in [-0.15, -0.1) is 0 Å². The lowest BCUT2D eigenvalue weighted by molar-refractivity contribution is -0.119. The average Bonchev–Trinajstić information content (AvgIpc) is 2.81. The summed E-state index contributed by atoms with van der Waals surface area (Å²) < 4.78 is 38.4. The summed E-state index contributed by atoms with van der Waals surface area (Å²) >= 11 is 12.2. The number of carbonyl (C=O) groups is 1. The van der Waals surface area contributed by atoms with Crippen molar-refractivity contribution in [2.45, 2.75) is 4.90 Å². The van der Waals surface area contributed by atoms with E-state index in [0.29, 0.717) is 16.5 Å². The Hall–Kier alpha value is -2.94. The summed E-state index contributed by atoms with van der Waals surface area (Å²) in [4.78, 5) is 12.7. The molecule has 0 aliphatic rings. The van der Waals surface area contributed by atoms with Crippen LogP contribution in [-0.2, 0) is 14.8 Å². The summed E-state index contributed by atoms with van der Waals surface area (Å²) in [6.07, 6.45) is 0. The van der Waals surface area contributed by atoms with Crippen molar-refractivity contribution in [2.24, 2.45) is 0 Å². The molecule has 1 N–H and O–H groups in total. The minimum absolute atomic E-state index is 0.0309. The number of ether oxygens (including phenoxy) is 2. The summed E-state index contributed by atoms with van der Waals surface area (Å²) in [7, 11) is -2.53. The van der Waals surface area contributed by atoms with E-state index >= 15 is 0 Å². The standard InChI is InChI=1S/C23H22Cl2N2O5S/c1-31-21-9-5-6-10-22(21)32-14-13-26-23(28)16-27(20-12-11-17(24)15-19(20)25)33(29,30)18-7-3-2-4-8-18/h2-12,15H,13-14,16H2,1H3,(H,26,28). The van der Waals surface area contributed by atoms with E-state index in [-0.39, 0.29) is 28.8 Å². The van der Waals surface area contributed by atoms with Crippen molar-refractivity contribution >= 4 is 44.8 Å². The molecule has 3 aromatic carbocycles. The van der Waals surface area contributed by atoms with Gasteiger partial charge in [0, 0.05) is 5.02 Å². The van der Waals surface area contributed by atoms with Gasteiger partial charge in [-0.3, -0.25) is 9.10 Å². The predicted molar refractivity (Wildman–Crippen MR) is 129 cm³/mol. The molecule has 33 heavy (non-hydrogen) atoms. The fourth-order valence-corrected chi connectivity index (χ4v) is 5.00. The number of sulfonamides is 1. The molecule has 0 saturated carbocycles. The summed E-state index contributed by atoms with van der Waals surface area (Å²) in [6, 6.07) is 19.3. The zero-order valence-electron chi connectivity index (χ0n) is 17.7. The van der Waals surface area contributed by atoms with Crippen LogP contribution in [-0.4, -0.2) is 41.1 Å². The second kappa shape index (κ2) is 11.3. The van der Waals surface area contributed by atoms with Crippen molar-refractivity contribution in [1.29, 1.82) is 0 Å². The van der Waals surface area contributed by atoms with E-state index < -0.39 is 22.5 Å². The molecule has 0 atom stereocenters. The van der Waals surface area contributed by atoms with E-state index in [1.165, 1.54) is 37.4 Å². The van der Waals surface area contributed by atoms with Crippen molar-refractivity contribution < 1.29 is 22.7 Å². The molecular formula is C23H22Cl2N2O5S. The lowest BCUT2D eigenvalue weighted by Crippen LogP contribution is -2.42. The van der Waals surface area contributed by atoms with Gasteiger partial charge in [0.1, 0.15) is 13.2 Å². The predicted octanol–water partition coefficient (Wildman–Crippen LogP) is 4.39. The quantitative estimate of drug-likeness (QED) is 0.410. The Morgan fingerprint density at radius 1 is 0.970 bits per heavy atom. The van der Waals surface area contributed by atoms with Gasteiger partial charge in [-0.2, -0.15) is 0 Å². The molecule has 0 unspecified atom stereocenters. The molecule has 0 aromatic heterocycles. The van der Waals surface area contributed by atoms with Gasteiger partial charge in [-0.1, -0.05) is 53.5 Å². The average molecular weight is 509 g/mol. The first-order chi connectivity index (χ1) is 15.8. The van der Waals surface area contributed by atoms with Gasteiger partial charge < -0.3 is 14.8 Å². The number of hydrogen-bond donors (Lipinski definition) is 1. The van der Waals surface area contributed by atoms with Gasteiger partial charge in [0.15, 0.2) is 11.5 Å². The molecule has 3 rings (SSSR count). The number of carbonyl (C=O) groups excluding carboxylic acids is 1. The van der Waals surface area contributed by atoms with Crippen LogP contribution in [0.1, 0.15) is 0 Å². The van der Waals surface area contributed by atoms with Crippen LogP contribution in [0.2, 0.25) is 10.0 Å². The lowest BCUT2D eigenvalue weighted by atomic mass is 10.3. The van der Waals surface area contributed by atoms with Gasteiger partial charge in [-0.05, 0) is 42.5 Å². The summed E-state index contributed by atoms with van der Waals surface area (Å²) in [5.74, 6) is 0.584. The smallest absolute Gasteiger partial charge is 0.264 e. The Kier molecular flexibility index (Phi) is 8.43. The highest BCUT2D eigenvalue weighted by atomic mass is 35.5. The molecule has 0 radical (unpaired) electrons. The molecule has 0 heterocycles. The van der Waals surface area contributed by atoms with Crippen molar-refractivity contribution in [3.05, 3.63) is 82.8 Å². The van der Waals surface area contributed by atoms with Crippen LogP contribution < -0.4 is 19.1 Å². The molecule has 0 aliphatic heterocycles. The third-order valence-electron chi connectivity index (χ3n) is 4.55. The maximum atomic E-state index is 13.3. The molecule has 174 valence electrons. The lowest BCUT2D eigenvalue weighted by Gasteiger charge is -2.25. The number of amides is 1. The van der Waals surface area contributed by atoms with Crippen molar-refractivity contribution in [1.82, 2.24) is 5.32 Å². The number of nitrogens with one attached hydrogen (secondary N) is 1. The van der Waals surface area contributed by atoms with Crippen LogP contribution in [0.25, 0.3) is 0 Å². The number of rotatable bonds is 10. The van der Waals surface area contributed by atoms with Crippen LogP contribution >= 0.6 is 23.2 Å². The highest BCUT2D eigenvalue weighted by Gasteiger charge is 2.28. The number of nitrogens with zero attached hydrogens (tertiary/aromatic N) is 1. The molecule has 7 nitrogen and oxygen atoms in total. The zero-order valence-corrected chi connectivity index (χ0v) is 20.0. The van der Waals surface area contributed by atoms with Gasteiger partial charge >= 0.3 is 0 Å². The van der Waals surface area contributed by atoms with E-state index in [1.807, 2.05) is 6.07 Å². The van der Waals surface area contributed by atoms with E-state index in [2.05, 4.69) is 5.32 Å². The Bertz CT molecular complexity index is 1210.